The number of likely N-dealkylation sites (N-methyl/N-ethyl adjacent to an activating group) is 1. The molecule has 2 amide bonds. The van der Waals surface area contributed by atoms with Crippen molar-refractivity contribution in [1.29, 1.82) is 0 Å². The van der Waals surface area contributed by atoms with E-state index in [1.54, 1.807) is 13.0 Å². The summed E-state index contributed by atoms with van der Waals surface area (Å²) in [4.78, 5) is 31.5. The second-order valence-electron chi connectivity index (χ2n) is 7.91. The maximum atomic E-state index is 12.6. The van der Waals surface area contributed by atoms with Crippen molar-refractivity contribution in [1.82, 2.24) is 15.6 Å². The molecule has 0 bridgehead atoms. The molecule has 7 heteroatoms. The highest BCUT2D eigenvalue weighted by Crippen LogP contribution is 2.42. The van der Waals surface area contributed by atoms with Gasteiger partial charge in [-0.05, 0) is 56.8 Å². The van der Waals surface area contributed by atoms with Crippen LogP contribution in [0.2, 0.25) is 0 Å². The van der Waals surface area contributed by atoms with E-state index >= 15 is 0 Å². The average molecular weight is 410 g/mol. The minimum atomic E-state index is -0.124. The van der Waals surface area contributed by atoms with Gasteiger partial charge in [-0.2, -0.15) is 0 Å². The van der Waals surface area contributed by atoms with Gasteiger partial charge in [0.05, 0.1) is 6.04 Å². The molecule has 1 aromatic heterocycles. The summed E-state index contributed by atoms with van der Waals surface area (Å²) in [7, 11) is 1.85. The van der Waals surface area contributed by atoms with Crippen LogP contribution >= 0.6 is 0 Å². The van der Waals surface area contributed by atoms with Crippen LogP contribution in [0, 0.1) is 12.8 Å². The summed E-state index contributed by atoms with van der Waals surface area (Å²) in [5.41, 5.74) is 3.28. The molecule has 30 heavy (non-hydrogen) atoms. The number of rotatable bonds is 6. The number of hydrogen-bond donors (Lipinski definition) is 3. The number of fused-ring (bicyclic) bond motifs is 1. The van der Waals surface area contributed by atoms with E-state index in [4.69, 9.17) is 0 Å². The van der Waals surface area contributed by atoms with Crippen LogP contribution in [0.3, 0.4) is 0 Å². The number of nitrogens with zero attached hydrogens (tertiary/aromatic N) is 2. The quantitative estimate of drug-likeness (QED) is 0.639. The van der Waals surface area contributed by atoms with E-state index in [0.717, 1.165) is 22.8 Å². The molecule has 0 saturated heterocycles. The zero-order valence-electron chi connectivity index (χ0n) is 18.3. The number of benzene rings is 1. The van der Waals surface area contributed by atoms with Gasteiger partial charge in [0.15, 0.2) is 0 Å². The summed E-state index contributed by atoms with van der Waals surface area (Å²) in [6.07, 6.45) is 0. The first-order valence-corrected chi connectivity index (χ1v) is 10.4. The maximum absolute atomic E-state index is 12.6. The lowest BCUT2D eigenvalue weighted by Gasteiger charge is -2.44. The number of hydrogen-bond acceptors (Lipinski definition) is 5. The van der Waals surface area contributed by atoms with Gasteiger partial charge >= 0.3 is 0 Å². The Morgan fingerprint density at radius 1 is 1.13 bits per heavy atom. The zero-order valence-corrected chi connectivity index (χ0v) is 18.3. The summed E-state index contributed by atoms with van der Waals surface area (Å²) >= 11 is 0. The Balaban J connectivity index is 2.01. The highest BCUT2D eigenvalue weighted by atomic mass is 16.2. The molecule has 3 rings (SSSR count). The molecule has 0 unspecified atom stereocenters. The second-order valence-corrected chi connectivity index (χ2v) is 7.91. The molecule has 1 aromatic carbocycles. The summed E-state index contributed by atoms with van der Waals surface area (Å²) in [6.45, 7) is 8.97. The minimum Gasteiger partial charge on any atom is -0.363 e. The maximum Gasteiger partial charge on any atom is 0.251 e. The molecule has 0 fully saturated rings. The second kappa shape index (κ2) is 9.26. The third-order valence-electron chi connectivity index (χ3n) is 5.77. The van der Waals surface area contributed by atoms with Crippen LogP contribution in [0.5, 0.6) is 0 Å². The van der Waals surface area contributed by atoms with E-state index in [-0.39, 0.29) is 29.8 Å². The molecule has 3 atom stereocenters. The van der Waals surface area contributed by atoms with Gasteiger partial charge in [-0.1, -0.05) is 13.0 Å². The van der Waals surface area contributed by atoms with E-state index < -0.39 is 0 Å². The van der Waals surface area contributed by atoms with Crippen molar-refractivity contribution >= 4 is 23.3 Å². The Kier molecular flexibility index (Phi) is 6.72. The Morgan fingerprint density at radius 2 is 1.90 bits per heavy atom. The molecule has 0 spiro atoms. The number of nitrogens with one attached hydrogen (secondary N) is 3. The van der Waals surface area contributed by atoms with Crippen LogP contribution in [0.25, 0.3) is 0 Å². The van der Waals surface area contributed by atoms with E-state index in [1.165, 1.54) is 0 Å². The molecule has 7 nitrogen and oxygen atoms in total. The lowest BCUT2D eigenvalue weighted by molar-refractivity contribution is -0.117. The number of amides is 2. The zero-order chi connectivity index (χ0) is 21.8. The molecule has 3 N–H and O–H groups in total. The van der Waals surface area contributed by atoms with Gasteiger partial charge in [0.25, 0.3) is 5.91 Å². The van der Waals surface area contributed by atoms with Gasteiger partial charge in [-0.3, -0.25) is 9.59 Å². The van der Waals surface area contributed by atoms with Gasteiger partial charge in [-0.25, -0.2) is 4.98 Å². The van der Waals surface area contributed by atoms with Crippen molar-refractivity contribution in [2.75, 3.05) is 30.4 Å². The van der Waals surface area contributed by atoms with Crippen molar-refractivity contribution in [2.45, 2.75) is 39.8 Å². The van der Waals surface area contributed by atoms with Crippen molar-refractivity contribution in [3.8, 4) is 0 Å². The number of pyridine rings is 1. The minimum absolute atomic E-state index is 0.00560. The molecule has 1 aliphatic rings. The highest BCUT2D eigenvalue weighted by molar-refractivity contribution is 5.98. The van der Waals surface area contributed by atoms with Gasteiger partial charge in [-0.15, -0.1) is 0 Å². The molecule has 2 aromatic rings. The van der Waals surface area contributed by atoms with E-state index in [2.05, 4.69) is 34.8 Å². The standard InChI is InChI=1S/C23H31N5O2/c1-14-7-6-8-21(26-14)27-22-15(2)16(3)28(17(4)29)20-10-9-18(13-19(20)22)23(30)25-12-11-24-5/h6-10,13,15-16,22,24H,11-12H2,1-5H3,(H,25,30)(H,26,27)/t15-,16-,22+/m0/s1. The first-order chi connectivity index (χ1) is 14.3. The summed E-state index contributed by atoms with van der Waals surface area (Å²) in [6, 6.07) is 11.4. The number of aromatic nitrogens is 1. The van der Waals surface area contributed by atoms with Crippen molar-refractivity contribution in [2.24, 2.45) is 5.92 Å². The fourth-order valence-electron chi connectivity index (χ4n) is 4.03. The van der Waals surface area contributed by atoms with Gasteiger partial charge < -0.3 is 20.9 Å². The Morgan fingerprint density at radius 3 is 2.57 bits per heavy atom. The predicted octanol–water partition coefficient (Wildman–Crippen LogP) is 2.88. The lowest BCUT2D eigenvalue weighted by Crippen LogP contribution is -2.48. The number of anilines is 2. The highest BCUT2D eigenvalue weighted by Gasteiger charge is 2.38. The molecule has 1 aliphatic heterocycles. The van der Waals surface area contributed by atoms with E-state index in [9.17, 15) is 9.59 Å². The van der Waals surface area contributed by atoms with Crippen LogP contribution in [0.4, 0.5) is 11.5 Å². The molecular weight excluding hydrogens is 378 g/mol. The van der Waals surface area contributed by atoms with E-state index in [1.807, 2.05) is 49.2 Å². The smallest absolute Gasteiger partial charge is 0.251 e. The van der Waals surface area contributed by atoms with Crippen molar-refractivity contribution < 1.29 is 9.59 Å². The molecular formula is C23H31N5O2. The molecule has 0 aliphatic carbocycles. The number of carbonyl (C=O) groups excluding carboxylic acids is 2. The first-order valence-electron chi connectivity index (χ1n) is 10.4. The van der Waals surface area contributed by atoms with Gasteiger partial charge in [0.1, 0.15) is 5.82 Å². The summed E-state index contributed by atoms with van der Waals surface area (Å²) in [5.74, 6) is 0.770. The van der Waals surface area contributed by atoms with Crippen LogP contribution in [0.1, 0.15) is 48.4 Å². The van der Waals surface area contributed by atoms with Crippen LogP contribution in [-0.4, -0.2) is 43.0 Å². The SMILES string of the molecule is CNCCNC(=O)c1ccc2c(c1)[C@H](Nc1cccc(C)n1)[C@@H](C)[C@H](C)N2C(C)=O. The third-order valence-corrected chi connectivity index (χ3v) is 5.77. The van der Waals surface area contributed by atoms with Crippen LogP contribution in [0.15, 0.2) is 36.4 Å². The molecule has 2 heterocycles. The molecule has 0 radical (unpaired) electrons. The Hall–Kier alpha value is -2.93. The monoisotopic (exact) mass is 409 g/mol. The van der Waals surface area contributed by atoms with Crippen molar-refractivity contribution in [3.05, 3.63) is 53.2 Å². The largest absolute Gasteiger partial charge is 0.363 e. The van der Waals surface area contributed by atoms with E-state index in [0.29, 0.717) is 18.7 Å². The van der Waals surface area contributed by atoms with Gasteiger partial charge in [0.2, 0.25) is 5.91 Å². The average Bonchev–Trinajstić information content (AvgIpc) is 2.71. The molecule has 160 valence electrons. The summed E-state index contributed by atoms with van der Waals surface area (Å²) < 4.78 is 0. The predicted molar refractivity (Wildman–Crippen MR) is 120 cm³/mol. The summed E-state index contributed by atoms with van der Waals surface area (Å²) in [5, 5.41) is 9.48. The van der Waals surface area contributed by atoms with Gasteiger partial charge in [0, 0.05) is 48.9 Å². The topological polar surface area (TPSA) is 86.4 Å². The van der Waals surface area contributed by atoms with Crippen LogP contribution in [-0.2, 0) is 4.79 Å². The Bertz CT molecular complexity index is 930. The molecule has 0 saturated carbocycles. The van der Waals surface area contributed by atoms with Crippen LogP contribution < -0.4 is 20.9 Å². The number of carbonyl (C=O) groups is 2. The third kappa shape index (κ3) is 4.46. The first kappa shape index (κ1) is 21.8. The lowest BCUT2D eigenvalue weighted by atomic mass is 9.82. The fourth-order valence-corrected chi connectivity index (χ4v) is 4.03. The Labute approximate surface area is 178 Å². The van der Waals surface area contributed by atoms with Crippen molar-refractivity contribution in [3.63, 3.8) is 0 Å². The fraction of sp³-hybridized carbons (Fsp3) is 0.435. The normalized spacial score (nSPS) is 20.4. The number of aryl methyl sites for hydroxylation is 1.